The van der Waals surface area contributed by atoms with Crippen LogP contribution in [0.3, 0.4) is 0 Å². The van der Waals surface area contributed by atoms with Gasteiger partial charge in [-0.3, -0.25) is 4.79 Å². The molecule has 26 heavy (non-hydrogen) atoms. The van der Waals surface area contributed by atoms with Crippen LogP contribution in [-0.2, 0) is 6.61 Å². The maximum Gasteiger partial charge on any atom is 0.266 e. The van der Waals surface area contributed by atoms with Gasteiger partial charge < -0.3 is 9.72 Å². The lowest BCUT2D eigenvalue weighted by Crippen LogP contribution is -2.13. The van der Waals surface area contributed by atoms with Gasteiger partial charge in [-0.15, -0.1) is 0 Å². The molecule has 1 aromatic heterocycles. The van der Waals surface area contributed by atoms with Crippen molar-refractivity contribution in [1.82, 2.24) is 4.98 Å². The molecule has 1 heterocycles. The van der Waals surface area contributed by atoms with E-state index < -0.39 is 5.56 Å². The Bertz CT molecular complexity index is 1050. The lowest BCUT2D eigenvalue weighted by atomic mass is 10.00. The minimum atomic E-state index is -0.429. The number of rotatable bonds is 4. The molecule has 130 valence electrons. The fourth-order valence-corrected chi connectivity index (χ4v) is 3.03. The van der Waals surface area contributed by atoms with Gasteiger partial charge in [-0.1, -0.05) is 39.7 Å². The minimum absolute atomic E-state index is 0.0337. The van der Waals surface area contributed by atoms with Crippen molar-refractivity contribution >= 4 is 27.5 Å². The van der Waals surface area contributed by atoms with E-state index in [1.54, 1.807) is 31.2 Å². The van der Waals surface area contributed by atoms with Gasteiger partial charge in [0.25, 0.3) is 5.56 Å². The maximum atomic E-state index is 12.1. The van der Waals surface area contributed by atoms with Crippen molar-refractivity contribution in [2.24, 2.45) is 0 Å². The van der Waals surface area contributed by atoms with Crippen LogP contribution in [0, 0.1) is 18.3 Å². The number of benzene rings is 2. The first kappa shape index (κ1) is 18.2. The molecule has 0 saturated carbocycles. The Morgan fingerprint density at radius 3 is 2.58 bits per heavy atom. The van der Waals surface area contributed by atoms with Gasteiger partial charge in [0.05, 0.1) is 0 Å². The molecule has 0 aliphatic heterocycles. The van der Waals surface area contributed by atoms with E-state index in [0.29, 0.717) is 34.2 Å². The number of aromatic nitrogens is 1. The quantitative estimate of drug-likeness (QED) is 0.618. The van der Waals surface area contributed by atoms with Gasteiger partial charge in [0.15, 0.2) is 0 Å². The van der Waals surface area contributed by atoms with Crippen LogP contribution in [0.2, 0.25) is 5.02 Å². The molecule has 0 amide bonds. The Hall–Kier alpha value is -2.55. The number of hydrogen-bond acceptors (Lipinski definition) is 3. The van der Waals surface area contributed by atoms with Crippen LogP contribution in [-0.4, -0.2) is 4.98 Å². The van der Waals surface area contributed by atoms with Gasteiger partial charge in [-0.05, 0) is 48.9 Å². The van der Waals surface area contributed by atoms with Gasteiger partial charge >= 0.3 is 0 Å². The zero-order chi connectivity index (χ0) is 18.7. The molecule has 0 aliphatic carbocycles. The lowest BCUT2D eigenvalue weighted by molar-refractivity contribution is 0.307. The summed E-state index contributed by atoms with van der Waals surface area (Å²) in [6, 6.07) is 16.7. The van der Waals surface area contributed by atoms with Gasteiger partial charge in [0.1, 0.15) is 24.0 Å². The summed E-state index contributed by atoms with van der Waals surface area (Å²) in [6.45, 7) is 2.12. The number of aryl methyl sites for hydroxylation is 1. The van der Waals surface area contributed by atoms with E-state index in [1.807, 2.05) is 30.3 Å². The molecule has 0 unspecified atom stereocenters. The molecule has 0 atom stereocenters. The molecule has 0 bridgehead atoms. The minimum Gasteiger partial charge on any atom is -0.488 e. The SMILES string of the molecule is Cc1cc(-c2cc(Cl)ccc2OCc2ccc(Br)cc2)c(C#N)c(=O)[nH]1. The van der Waals surface area contributed by atoms with Crippen LogP contribution in [0.4, 0.5) is 0 Å². The first-order valence-corrected chi connectivity index (χ1v) is 8.96. The highest BCUT2D eigenvalue weighted by atomic mass is 79.9. The first-order valence-electron chi connectivity index (χ1n) is 7.79. The highest BCUT2D eigenvalue weighted by molar-refractivity contribution is 9.10. The number of H-pyrrole nitrogens is 1. The van der Waals surface area contributed by atoms with E-state index in [1.165, 1.54) is 0 Å². The summed E-state index contributed by atoms with van der Waals surface area (Å²) in [5.74, 6) is 0.554. The average Bonchev–Trinajstić information content (AvgIpc) is 2.61. The second-order valence-electron chi connectivity index (χ2n) is 5.74. The molecule has 0 saturated heterocycles. The van der Waals surface area contributed by atoms with Crippen molar-refractivity contribution in [3.63, 3.8) is 0 Å². The summed E-state index contributed by atoms with van der Waals surface area (Å²) in [4.78, 5) is 14.8. The van der Waals surface area contributed by atoms with Crippen molar-refractivity contribution in [1.29, 1.82) is 5.26 Å². The Kier molecular flexibility index (Phi) is 5.46. The van der Waals surface area contributed by atoms with Crippen molar-refractivity contribution in [2.75, 3.05) is 0 Å². The van der Waals surface area contributed by atoms with Crippen LogP contribution in [0.15, 0.2) is 57.8 Å². The van der Waals surface area contributed by atoms with E-state index in [4.69, 9.17) is 16.3 Å². The molecule has 2 aromatic carbocycles. The third-order valence-corrected chi connectivity index (χ3v) is 4.58. The number of aromatic amines is 1. The Morgan fingerprint density at radius 2 is 1.88 bits per heavy atom. The smallest absolute Gasteiger partial charge is 0.266 e. The predicted molar refractivity (Wildman–Crippen MR) is 105 cm³/mol. The van der Waals surface area contributed by atoms with E-state index in [9.17, 15) is 10.1 Å². The zero-order valence-corrected chi connectivity index (χ0v) is 16.2. The maximum absolute atomic E-state index is 12.1. The van der Waals surface area contributed by atoms with E-state index >= 15 is 0 Å². The van der Waals surface area contributed by atoms with Gasteiger partial charge in [-0.2, -0.15) is 5.26 Å². The fourth-order valence-electron chi connectivity index (χ4n) is 2.59. The predicted octanol–water partition coefficient (Wildman–Crippen LogP) is 5.22. The fraction of sp³-hybridized carbons (Fsp3) is 0.100. The number of nitrogens with zero attached hydrogens (tertiary/aromatic N) is 1. The van der Waals surface area contributed by atoms with E-state index in [-0.39, 0.29) is 5.56 Å². The molecule has 0 spiro atoms. The van der Waals surface area contributed by atoms with E-state index in [0.717, 1.165) is 10.0 Å². The number of halogens is 2. The molecular weight excluding hydrogens is 416 g/mol. The van der Waals surface area contributed by atoms with Crippen LogP contribution < -0.4 is 10.3 Å². The summed E-state index contributed by atoms with van der Waals surface area (Å²) in [6.07, 6.45) is 0. The summed E-state index contributed by atoms with van der Waals surface area (Å²) in [7, 11) is 0. The molecule has 0 radical (unpaired) electrons. The Morgan fingerprint density at radius 1 is 1.15 bits per heavy atom. The number of pyridine rings is 1. The third-order valence-electron chi connectivity index (χ3n) is 3.82. The second-order valence-corrected chi connectivity index (χ2v) is 7.09. The highest BCUT2D eigenvalue weighted by Gasteiger charge is 2.15. The van der Waals surface area contributed by atoms with Gasteiger partial charge in [0, 0.05) is 26.3 Å². The van der Waals surface area contributed by atoms with Crippen LogP contribution in [0.25, 0.3) is 11.1 Å². The summed E-state index contributed by atoms with van der Waals surface area (Å²) in [5, 5.41) is 9.90. The molecule has 3 rings (SSSR count). The first-order chi connectivity index (χ1) is 12.5. The molecule has 0 fully saturated rings. The van der Waals surface area contributed by atoms with Crippen molar-refractivity contribution in [2.45, 2.75) is 13.5 Å². The number of nitriles is 1. The summed E-state index contributed by atoms with van der Waals surface area (Å²) < 4.78 is 6.95. The average molecular weight is 430 g/mol. The second kappa shape index (κ2) is 7.77. The monoisotopic (exact) mass is 428 g/mol. The van der Waals surface area contributed by atoms with Crippen LogP contribution >= 0.6 is 27.5 Å². The normalized spacial score (nSPS) is 10.4. The topological polar surface area (TPSA) is 65.9 Å². The van der Waals surface area contributed by atoms with Gasteiger partial charge in [-0.25, -0.2) is 0 Å². The Labute approximate surface area is 164 Å². The molecule has 0 aliphatic rings. The third kappa shape index (κ3) is 3.98. The number of ether oxygens (including phenoxy) is 1. The van der Waals surface area contributed by atoms with Crippen molar-refractivity contribution in [3.05, 3.63) is 85.2 Å². The van der Waals surface area contributed by atoms with Crippen LogP contribution in [0.5, 0.6) is 5.75 Å². The molecule has 6 heteroatoms. The lowest BCUT2D eigenvalue weighted by Gasteiger charge is -2.14. The van der Waals surface area contributed by atoms with E-state index in [2.05, 4.69) is 20.9 Å². The summed E-state index contributed by atoms with van der Waals surface area (Å²) in [5.41, 5.74) is 2.37. The highest BCUT2D eigenvalue weighted by Crippen LogP contribution is 2.34. The van der Waals surface area contributed by atoms with Gasteiger partial charge in [0.2, 0.25) is 0 Å². The van der Waals surface area contributed by atoms with Crippen molar-refractivity contribution < 1.29 is 4.74 Å². The Balaban J connectivity index is 2.03. The standard InChI is InChI=1S/C20H14BrClN2O2/c1-12-8-16(18(10-23)20(25)24-12)17-9-15(22)6-7-19(17)26-11-13-2-4-14(21)5-3-13/h2-9H,11H2,1H3,(H,24,25). The van der Waals surface area contributed by atoms with Crippen LogP contribution in [0.1, 0.15) is 16.8 Å². The molecular formula is C20H14BrClN2O2. The number of hydrogen-bond donors (Lipinski definition) is 1. The summed E-state index contributed by atoms with van der Waals surface area (Å²) >= 11 is 9.55. The molecule has 3 aromatic rings. The van der Waals surface area contributed by atoms with Crippen molar-refractivity contribution in [3.8, 4) is 22.9 Å². The molecule has 4 nitrogen and oxygen atoms in total. The zero-order valence-electron chi connectivity index (χ0n) is 13.8. The molecule has 1 N–H and O–H groups in total. The number of nitrogens with one attached hydrogen (secondary N) is 1. The largest absolute Gasteiger partial charge is 0.488 e.